The minimum absolute atomic E-state index is 0.756. The monoisotopic (exact) mass is 512 g/mol. The molecule has 0 saturated heterocycles. The Balaban J connectivity index is 1.79. The van der Waals surface area contributed by atoms with E-state index in [1.54, 1.807) is 0 Å². The average molecular weight is 512 g/mol. The Morgan fingerprint density at radius 1 is 0.581 bits per heavy atom. The van der Waals surface area contributed by atoms with Gasteiger partial charge in [0.2, 0.25) is 0 Å². The quantitative estimate of drug-likeness (QED) is 0.223. The molecule has 150 valence electrons. The van der Waals surface area contributed by atoms with Gasteiger partial charge in [-0.3, -0.25) is 0 Å². The van der Waals surface area contributed by atoms with Gasteiger partial charge in [-0.2, -0.15) is 0 Å². The summed E-state index contributed by atoms with van der Waals surface area (Å²) in [6.07, 6.45) is 0. The van der Waals surface area contributed by atoms with Crippen LogP contribution in [0.3, 0.4) is 0 Å². The zero-order valence-corrected chi connectivity index (χ0v) is 19.1. The molecule has 5 aromatic rings. The molecule has 0 radical (unpaired) electrons. The highest BCUT2D eigenvalue weighted by Crippen LogP contribution is 2.36. The first-order valence-electron chi connectivity index (χ1n) is 10.3. The Bertz CT molecular complexity index is 1280. The van der Waals surface area contributed by atoms with Crippen LogP contribution in [0.5, 0.6) is 0 Å². The van der Waals surface area contributed by atoms with Gasteiger partial charge in [-0.1, -0.05) is 103 Å². The summed E-state index contributed by atoms with van der Waals surface area (Å²) in [5.74, 6) is 0.984. The highest BCUT2D eigenvalue weighted by Gasteiger charge is 2.21. The standard InChI is InChI=1S/C28H21IN2/c29-25-18-16-24(17-19-25)28-30-26(22-12-6-2-7-13-22)27(23-14-8-3-9-15-23)31(28)20-21-10-4-1-5-11-21/h1-19H,20H2. The molecule has 0 atom stereocenters. The summed E-state index contributed by atoms with van der Waals surface area (Å²) in [7, 11) is 0. The maximum Gasteiger partial charge on any atom is 0.141 e. The second kappa shape index (κ2) is 8.90. The van der Waals surface area contributed by atoms with Crippen LogP contribution in [0, 0.1) is 3.57 Å². The van der Waals surface area contributed by atoms with Crippen molar-refractivity contribution >= 4 is 22.6 Å². The van der Waals surface area contributed by atoms with Crippen LogP contribution in [0.2, 0.25) is 0 Å². The number of hydrogen-bond acceptors (Lipinski definition) is 1. The first kappa shape index (κ1) is 19.8. The van der Waals surface area contributed by atoms with E-state index >= 15 is 0 Å². The highest BCUT2D eigenvalue weighted by atomic mass is 127. The van der Waals surface area contributed by atoms with E-state index in [0.29, 0.717) is 0 Å². The molecule has 0 fully saturated rings. The zero-order valence-electron chi connectivity index (χ0n) is 16.9. The lowest BCUT2D eigenvalue weighted by atomic mass is 10.0. The van der Waals surface area contributed by atoms with E-state index in [0.717, 1.165) is 34.9 Å². The van der Waals surface area contributed by atoms with Crippen LogP contribution in [-0.4, -0.2) is 9.55 Å². The van der Waals surface area contributed by atoms with E-state index in [-0.39, 0.29) is 0 Å². The summed E-state index contributed by atoms with van der Waals surface area (Å²) in [5, 5.41) is 0. The molecule has 0 aliphatic rings. The second-order valence-electron chi connectivity index (χ2n) is 7.44. The van der Waals surface area contributed by atoms with Crippen LogP contribution in [0.25, 0.3) is 33.9 Å². The topological polar surface area (TPSA) is 17.8 Å². The van der Waals surface area contributed by atoms with E-state index < -0.39 is 0 Å². The third kappa shape index (κ3) is 4.19. The molecule has 2 nitrogen and oxygen atoms in total. The minimum atomic E-state index is 0.756. The van der Waals surface area contributed by atoms with Gasteiger partial charge in [0.05, 0.1) is 11.4 Å². The van der Waals surface area contributed by atoms with Crippen LogP contribution in [-0.2, 0) is 6.54 Å². The molecule has 1 heterocycles. The van der Waals surface area contributed by atoms with Gasteiger partial charge in [0.25, 0.3) is 0 Å². The second-order valence-corrected chi connectivity index (χ2v) is 8.69. The molecule has 0 aliphatic heterocycles. The average Bonchev–Trinajstić information content (AvgIpc) is 3.20. The van der Waals surface area contributed by atoms with Crippen molar-refractivity contribution in [1.29, 1.82) is 0 Å². The first-order chi connectivity index (χ1) is 15.3. The number of nitrogens with zero attached hydrogens (tertiary/aromatic N) is 2. The van der Waals surface area contributed by atoms with Crippen molar-refractivity contribution in [3.05, 3.63) is 124 Å². The Labute approximate surface area is 196 Å². The molecule has 0 unspecified atom stereocenters. The summed E-state index contributed by atoms with van der Waals surface area (Å²) >= 11 is 2.35. The predicted octanol–water partition coefficient (Wildman–Crippen LogP) is 7.54. The molecule has 3 heteroatoms. The molecule has 4 aromatic carbocycles. The van der Waals surface area contributed by atoms with Gasteiger partial charge < -0.3 is 4.57 Å². The van der Waals surface area contributed by atoms with Gasteiger partial charge in [0.1, 0.15) is 5.82 Å². The van der Waals surface area contributed by atoms with Crippen molar-refractivity contribution in [2.24, 2.45) is 0 Å². The predicted molar refractivity (Wildman–Crippen MR) is 137 cm³/mol. The number of halogens is 1. The minimum Gasteiger partial charge on any atom is -0.319 e. The van der Waals surface area contributed by atoms with Crippen LogP contribution in [0.15, 0.2) is 115 Å². The molecular weight excluding hydrogens is 491 g/mol. The number of hydrogen-bond donors (Lipinski definition) is 0. The number of rotatable bonds is 5. The van der Waals surface area contributed by atoms with Gasteiger partial charge in [0, 0.05) is 26.8 Å². The van der Waals surface area contributed by atoms with Crippen LogP contribution >= 0.6 is 22.6 Å². The van der Waals surface area contributed by atoms with Crippen molar-refractivity contribution in [3.8, 4) is 33.9 Å². The van der Waals surface area contributed by atoms with Crippen LogP contribution in [0.1, 0.15) is 5.56 Å². The lowest BCUT2D eigenvalue weighted by molar-refractivity contribution is 0.814. The molecule has 0 spiro atoms. The Kier molecular flexibility index (Phi) is 5.67. The highest BCUT2D eigenvalue weighted by molar-refractivity contribution is 14.1. The lowest BCUT2D eigenvalue weighted by Crippen LogP contribution is -2.04. The normalized spacial score (nSPS) is 10.9. The SMILES string of the molecule is Ic1ccc(-c2nc(-c3ccccc3)c(-c3ccccc3)n2Cc2ccccc2)cc1. The van der Waals surface area contributed by atoms with E-state index in [2.05, 4.69) is 136 Å². The van der Waals surface area contributed by atoms with Crippen molar-refractivity contribution in [1.82, 2.24) is 9.55 Å². The molecule has 5 rings (SSSR count). The molecule has 0 bridgehead atoms. The molecule has 0 aliphatic carbocycles. The maximum atomic E-state index is 5.21. The maximum absolute atomic E-state index is 5.21. The third-order valence-electron chi connectivity index (χ3n) is 5.35. The Hall–Kier alpha value is -3.18. The summed E-state index contributed by atoms with van der Waals surface area (Å²) in [6, 6.07) is 40.3. The molecular formula is C28H21IN2. The third-order valence-corrected chi connectivity index (χ3v) is 6.07. The van der Waals surface area contributed by atoms with E-state index in [9.17, 15) is 0 Å². The van der Waals surface area contributed by atoms with Gasteiger partial charge >= 0.3 is 0 Å². The molecule has 0 saturated carbocycles. The van der Waals surface area contributed by atoms with Crippen LogP contribution < -0.4 is 0 Å². The van der Waals surface area contributed by atoms with Crippen molar-refractivity contribution < 1.29 is 0 Å². The van der Waals surface area contributed by atoms with Crippen molar-refractivity contribution in [2.45, 2.75) is 6.54 Å². The fourth-order valence-corrected chi connectivity index (χ4v) is 4.24. The Morgan fingerprint density at radius 2 is 1.13 bits per heavy atom. The van der Waals surface area contributed by atoms with E-state index in [1.165, 1.54) is 14.7 Å². The fourth-order valence-electron chi connectivity index (χ4n) is 3.88. The van der Waals surface area contributed by atoms with Crippen LogP contribution in [0.4, 0.5) is 0 Å². The van der Waals surface area contributed by atoms with Crippen molar-refractivity contribution in [3.63, 3.8) is 0 Å². The molecule has 0 N–H and O–H groups in total. The number of benzene rings is 4. The van der Waals surface area contributed by atoms with Gasteiger partial charge in [-0.05, 0) is 40.3 Å². The number of imidazole rings is 1. The Morgan fingerprint density at radius 3 is 1.74 bits per heavy atom. The molecule has 1 aromatic heterocycles. The molecule has 31 heavy (non-hydrogen) atoms. The van der Waals surface area contributed by atoms with Gasteiger partial charge in [-0.25, -0.2) is 4.98 Å². The summed E-state index contributed by atoms with van der Waals surface area (Å²) in [6.45, 7) is 0.756. The molecule has 0 amide bonds. The lowest BCUT2D eigenvalue weighted by Gasteiger charge is -2.14. The smallest absolute Gasteiger partial charge is 0.141 e. The van der Waals surface area contributed by atoms with Gasteiger partial charge in [-0.15, -0.1) is 0 Å². The van der Waals surface area contributed by atoms with Gasteiger partial charge in [0.15, 0.2) is 0 Å². The summed E-state index contributed by atoms with van der Waals surface area (Å²) < 4.78 is 3.57. The largest absolute Gasteiger partial charge is 0.319 e. The first-order valence-corrected chi connectivity index (χ1v) is 11.4. The van der Waals surface area contributed by atoms with Crippen molar-refractivity contribution in [2.75, 3.05) is 0 Å². The number of aromatic nitrogens is 2. The van der Waals surface area contributed by atoms with E-state index in [1.807, 2.05) is 6.07 Å². The van der Waals surface area contributed by atoms with E-state index in [4.69, 9.17) is 4.98 Å². The fraction of sp³-hybridized carbons (Fsp3) is 0.0357. The summed E-state index contributed by atoms with van der Waals surface area (Å²) in [5.41, 5.74) is 6.82. The zero-order chi connectivity index (χ0) is 21.0. The summed E-state index contributed by atoms with van der Waals surface area (Å²) in [4.78, 5) is 5.21.